The molecule has 1 fully saturated rings. The minimum absolute atomic E-state index is 0.00224. The normalized spacial score (nSPS) is 14.2. The number of carbonyl (C=O) groups excluding carboxylic acids is 1. The highest BCUT2D eigenvalue weighted by Gasteiger charge is 2.26. The highest BCUT2D eigenvalue weighted by Crippen LogP contribution is 2.32. The van der Waals surface area contributed by atoms with Gasteiger partial charge in [-0.1, -0.05) is 17.7 Å². The number of nitro groups is 1. The number of piperazine rings is 1. The van der Waals surface area contributed by atoms with E-state index in [1.807, 2.05) is 36.1 Å². The number of amides is 1. The fourth-order valence-corrected chi connectivity index (χ4v) is 3.15. The Labute approximate surface area is 151 Å². The Hall–Kier alpha value is -3.09. The van der Waals surface area contributed by atoms with Crippen molar-refractivity contribution in [3.8, 4) is 5.75 Å². The van der Waals surface area contributed by atoms with E-state index in [-0.39, 0.29) is 11.6 Å². The molecule has 136 valence electrons. The number of aryl methyl sites for hydroxylation is 1. The van der Waals surface area contributed by atoms with Crippen LogP contribution in [-0.4, -0.2) is 49.0 Å². The molecular formula is C19H21N3O4. The molecule has 1 saturated heterocycles. The molecule has 0 unspecified atom stereocenters. The van der Waals surface area contributed by atoms with Crippen molar-refractivity contribution in [3.63, 3.8) is 0 Å². The predicted molar refractivity (Wildman–Crippen MR) is 98.9 cm³/mol. The van der Waals surface area contributed by atoms with Crippen LogP contribution in [0.25, 0.3) is 0 Å². The van der Waals surface area contributed by atoms with E-state index in [0.717, 1.165) is 5.56 Å². The number of carbonyl (C=O) groups is 1. The number of benzene rings is 2. The maximum absolute atomic E-state index is 12.6. The molecule has 3 rings (SSSR count). The lowest BCUT2D eigenvalue weighted by atomic mass is 10.1. The van der Waals surface area contributed by atoms with E-state index in [1.54, 1.807) is 17.0 Å². The Morgan fingerprint density at radius 2 is 1.85 bits per heavy atom. The molecule has 0 bridgehead atoms. The first-order valence-electron chi connectivity index (χ1n) is 8.43. The lowest BCUT2D eigenvalue weighted by Gasteiger charge is -2.36. The zero-order valence-electron chi connectivity index (χ0n) is 14.8. The van der Waals surface area contributed by atoms with Gasteiger partial charge in [0.15, 0.2) is 0 Å². The molecule has 0 N–H and O–H groups in total. The van der Waals surface area contributed by atoms with Crippen LogP contribution in [0.15, 0.2) is 42.5 Å². The number of anilines is 1. The van der Waals surface area contributed by atoms with Gasteiger partial charge in [-0.2, -0.15) is 0 Å². The number of nitrogens with zero attached hydrogens (tertiary/aromatic N) is 3. The predicted octanol–water partition coefficient (Wildman–Crippen LogP) is 2.87. The Bertz CT molecular complexity index is 829. The van der Waals surface area contributed by atoms with Crippen LogP contribution in [-0.2, 0) is 0 Å². The third-order valence-electron chi connectivity index (χ3n) is 4.55. The molecule has 0 saturated carbocycles. The minimum Gasteiger partial charge on any atom is -0.496 e. The second-order valence-corrected chi connectivity index (χ2v) is 6.26. The molecule has 1 amide bonds. The van der Waals surface area contributed by atoms with Gasteiger partial charge in [0, 0.05) is 31.7 Å². The van der Waals surface area contributed by atoms with Gasteiger partial charge < -0.3 is 14.5 Å². The SMILES string of the molecule is COc1ccc(N2CCN(C(=O)c3cccc(C)c3)CC2)c([N+](=O)[O-])c1. The van der Waals surface area contributed by atoms with Crippen LogP contribution in [0.5, 0.6) is 5.75 Å². The van der Waals surface area contributed by atoms with Crippen molar-refractivity contribution >= 4 is 17.3 Å². The highest BCUT2D eigenvalue weighted by atomic mass is 16.6. The third-order valence-corrected chi connectivity index (χ3v) is 4.55. The molecular weight excluding hydrogens is 334 g/mol. The molecule has 0 spiro atoms. The van der Waals surface area contributed by atoms with Crippen molar-refractivity contribution in [2.24, 2.45) is 0 Å². The molecule has 7 heteroatoms. The van der Waals surface area contributed by atoms with Gasteiger partial charge >= 0.3 is 0 Å². The largest absolute Gasteiger partial charge is 0.496 e. The summed E-state index contributed by atoms with van der Waals surface area (Å²) in [5.41, 5.74) is 2.29. The van der Waals surface area contributed by atoms with E-state index < -0.39 is 4.92 Å². The summed E-state index contributed by atoms with van der Waals surface area (Å²) in [5.74, 6) is 0.450. The van der Waals surface area contributed by atoms with Gasteiger partial charge in [0.1, 0.15) is 11.4 Å². The van der Waals surface area contributed by atoms with Gasteiger partial charge in [0.05, 0.1) is 18.1 Å². The molecule has 0 aromatic heterocycles. The van der Waals surface area contributed by atoms with E-state index in [1.165, 1.54) is 13.2 Å². The monoisotopic (exact) mass is 355 g/mol. The maximum Gasteiger partial charge on any atom is 0.296 e. The summed E-state index contributed by atoms with van der Waals surface area (Å²) in [6.45, 7) is 4.10. The second-order valence-electron chi connectivity index (χ2n) is 6.26. The molecule has 1 aliphatic heterocycles. The van der Waals surface area contributed by atoms with E-state index in [9.17, 15) is 14.9 Å². The van der Waals surface area contributed by atoms with Crippen molar-refractivity contribution in [2.45, 2.75) is 6.92 Å². The highest BCUT2D eigenvalue weighted by molar-refractivity contribution is 5.94. The summed E-state index contributed by atoms with van der Waals surface area (Å²) in [4.78, 5) is 27.4. The molecule has 0 aliphatic carbocycles. The summed E-state index contributed by atoms with van der Waals surface area (Å²) < 4.78 is 5.08. The first-order valence-corrected chi connectivity index (χ1v) is 8.43. The number of hydrogen-bond acceptors (Lipinski definition) is 5. The van der Waals surface area contributed by atoms with Crippen LogP contribution in [0, 0.1) is 17.0 Å². The van der Waals surface area contributed by atoms with Crippen LogP contribution >= 0.6 is 0 Å². The molecule has 0 radical (unpaired) electrons. The third kappa shape index (κ3) is 3.61. The fourth-order valence-electron chi connectivity index (χ4n) is 3.15. The van der Waals surface area contributed by atoms with Crippen LogP contribution in [0.4, 0.5) is 11.4 Å². The second kappa shape index (κ2) is 7.43. The van der Waals surface area contributed by atoms with Gasteiger partial charge in [0.25, 0.3) is 11.6 Å². The number of methoxy groups -OCH3 is 1. The Morgan fingerprint density at radius 3 is 2.46 bits per heavy atom. The van der Waals surface area contributed by atoms with Crippen LogP contribution in [0.2, 0.25) is 0 Å². The molecule has 2 aromatic carbocycles. The van der Waals surface area contributed by atoms with Crippen molar-refractivity contribution in [2.75, 3.05) is 38.2 Å². The van der Waals surface area contributed by atoms with E-state index in [4.69, 9.17) is 4.74 Å². The quantitative estimate of drug-likeness (QED) is 0.623. The number of rotatable bonds is 4. The Balaban J connectivity index is 1.73. The molecule has 1 heterocycles. The van der Waals surface area contributed by atoms with Gasteiger partial charge in [-0.3, -0.25) is 14.9 Å². The molecule has 1 aliphatic rings. The maximum atomic E-state index is 12.6. The Morgan fingerprint density at radius 1 is 1.12 bits per heavy atom. The number of nitro benzene ring substituents is 1. The zero-order chi connectivity index (χ0) is 18.7. The van der Waals surface area contributed by atoms with Crippen molar-refractivity contribution in [1.29, 1.82) is 0 Å². The summed E-state index contributed by atoms with van der Waals surface area (Å²) in [6, 6.07) is 12.4. The zero-order valence-corrected chi connectivity index (χ0v) is 14.8. The smallest absolute Gasteiger partial charge is 0.296 e. The van der Waals surface area contributed by atoms with Gasteiger partial charge in [-0.15, -0.1) is 0 Å². The average molecular weight is 355 g/mol. The first kappa shape index (κ1) is 17.7. The topological polar surface area (TPSA) is 75.9 Å². The van der Waals surface area contributed by atoms with E-state index >= 15 is 0 Å². The standard InChI is InChI=1S/C19H21N3O4/c1-14-4-3-5-15(12-14)19(23)21-10-8-20(9-11-21)17-7-6-16(26-2)13-18(17)22(24)25/h3-7,12-13H,8-11H2,1-2H3. The summed E-state index contributed by atoms with van der Waals surface area (Å²) in [7, 11) is 1.48. The molecule has 26 heavy (non-hydrogen) atoms. The van der Waals surface area contributed by atoms with Crippen molar-refractivity contribution in [3.05, 3.63) is 63.7 Å². The lowest BCUT2D eigenvalue weighted by molar-refractivity contribution is -0.384. The molecule has 2 aromatic rings. The van der Waals surface area contributed by atoms with Crippen LogP contribution in [0.3, 0.4) is 0 Å². The summed E-state index contributed by atoms with van der Waals surface area (Å²) in [5, 5.41) is 11.4. The van der Waals surface area contributed by atoms with Crippen molar-refractivity contribution < 1.29 is 14.5 Å². The summed E-state index contributed by atoms with van der Waals surface area (Å²) in [6.07, 6.45) is 0. The lowest BCUT2D eigenvalue weighted by Crippen LogP contribution is -2.49. The molecule has 0 atom stereocenters. The number of hydrogen-bond donors (Lipinski definition) is 0. The first-order chi connectivity index (χ1) is 12.5. The van der Waals surface area contributed by atoms with Crippen molar-refractivity contribution in [1.82, 2.24) is 4.90 Å². The summed E-state index contributed by atoms with van der Waals surface area (Å²) >= 11 is 0. The minimum atomic E-state index is -0.401. The van der Waals surface area contributed by atoms with Gasteiger partial charge in [-0.25, -0.2) is 0 Å². The van der Waals surface area contributed by atoms with Gasteiger partial charge in [0.2, 0.25) is 0 Å². The van der Waals surface area contributed by atoms with Crippen LogP contribution in [0.1, 0.15) is 15.9 Å². The van der Waals surface area contributed by atoms with E-state index in [2.05, 4.69) is 0 Å². The average Bonchev–Trinajstić information content (AvgIpc) is 2.67. The Kier molecular flexibility index (Phi) is 5.06. The fraction of sp³-hybridized carbons (Fsp3) is 0.316. The van der Waals surface area contributed by atoms with Gasteiger partial charge in [-0.05, 0) is 31.2 Å². The van der Waals surface area contributed by atoms with Crippen LogP contribution < -0.4 is 9.64 Å². The number of ether oxygens (including phenoxy) is 1. The molecule has 7 nitrogen and oxygen atoms in total. The van der Waals surface area contributed by atoms with E-state index in [0.29, 0.717) is 43.2 Å².